The Bertz CT molecular complexity index is 118. The Balaban J connectivity index is 2.32. The summed E-state index contributed by atoms with van der Waals surface area (Å²) in [5.41, 5.74) is 1.27. The van der Waals surface area contributed by atoms with Gasteiger partial charge in [0.05, 0.1) is 19.8 Å². The second-order valence-electron chi connectivity index (χ2n) is 2.64. The second kappa shape index (κ2) is 3.74. The smallest absolute Gasteiger partial charge is 0.0553 e. The third-order valence-corrected chi connectivity index (χ3v) is 1.83. The number of methoxy groups -OCH3 is 1. The van der Waals surface area contributed by atoms with Crippen LogP contribution < -0.4 is 0 Å². The zero-order valence-electron chi connectivity index (χ0n) is 6.43. The Morgan fingerprint density at radius 2 is 2.60 bits per heavy atom. The number of ether oxygens (including phenoxy) is 2. The van der Waals surface area contributed by atoms with Gasteiger partial charge < -0.3 is 9.47 Å². The molecule has 1 heterocycles. The molecule has 1 aliphatic heterocycles. The maximum atomic E-state index is 5.26. The fraction of sp³-hybridized carbons (Fsp3) is 0.750. The number of rotatable bonds is 2. The second-order valence-corrected chi connectivity index (χ2v) is 2.64. The average Bonchev–Trinajstić information content (AvgIpc) is 1.94. The largest absolute Gasteiger partial charge is 0.384 e. The fourth-order valence-corrected chi connectivity index (χ4v) is 1.12. The monoisotopic (exact) mass is 142 g/mol. The lowest BCUT2D eigenvalue weighted by atomic mass is 9.98. The lowest BCUT2D eigenvalue weighted by Gasteiger charge is -2.23. The zero-order chi connectivity index (χ0) is 7.40. The molecule has 0 spiro atoms. The van der Waals surface area contributed by atoms with Gasteiger partial charge in [-0.15, -0.1) is 0 Å². The summed E-state index contributed by atoms with van der Waals surface area (Å²) < 4.78 is 10.3. The molecule has 1 fully saturated rings. The van der Waals surface area contributed by atoms with E-state index in [0.29, 0.717) is 5.92 Å². The molecule has 0 N–H and O–H groups in total. The molecule has 0 saturated carbocycles. The molecule has 2 nitrogen and oxygen atoms in total. The quantitative estimate of drug-likeness (QED) is 0.540. The van der Waals surface area contributed by atoms with Crippen molar-refractivity contribution in [1.82, 2.24) is 0 Å². The molecule has 1 atom stereocenters. The molecule has 1 rings (SSSR count). The van der Waals surface area contributed by atoms with Crippen molar-refractivity contribution in [1.29, 1.82) is 0 Å². The van der Waals surface area contributed by atoms with Crippen molar-refractivity contribution in [3.05, 3.63) is 12.2 Å². The summed E-state index contributed by atoms with van der Waals surface area (Å²) in [7, 11) is 1.71. The van der Waals surface area contributed by atoms with Crippen LogP contribution in [-0.2, 0) is 9.47 Å². The molecule has 0 amide bonds. The van der Waals surface area contributed by atoms with Crippen molar-refractivity contribution >= 4 is 0 Å². The van der Waals surface area contributed by atoms with Gasteiger partial charge in [0.25, 0.3) is 0 Å². The van der Waals surface area contributed by atoms with Crippen LogP contribution in [0.1, 0.15) is 6.42 Å². The van der Waals surface area contributed by atoms with Crippen LogP contribution in [0.5, 0.6) is 0 Å². The Kier molecular flexibility index (Phi) is 2.90. The molecule has 0 aromatic carbocycles. The number of hydrogen-bond acceptors (Lipinski definition) is 2. The van der Waals surface area contributed by atoms with Gasteiger partial charge in [-0.05, 0) is 6.42 Å². The van der Waals surface area contributed by atoms with E-state index in [1.165, 1.54) is 5.57 Å². The molecule has 1 unspecified atom stereocenters. The van der Waals surface area contributed by atoms with Gasteiger partial charge in [-0.2, -0.15) is 0 Å². The van der Waals surface area contributed by atoms with E-state index in [1.54, 1.807) is 7.11 Å². The van der Waals surface area contributed by atoms with Crippen molar-refractivity contribution in [2.75, 3.05) is 26.9 Å². The van der Waals surface area contributed by atoms with Crippen LogP contribution in [-0.4, -0.2) is 26.9 Å². The highest BCUT2D eigenvalue weighted by Gasteiger charge is 2.16. The molecule has 0 aromatic rings. The third-order valence-electron chi connectivity index (χ3n) is 1.83. The highest BCUT2D eigenvalue weighted by molar-refractivity contribution is 5.02. The highest BCUT2D eigenvalue weighted by atomic mass is 16.5. The Labute approximate surface area is 61.8 Å². The molecule has 10 heavy (non-hydrogen) atoms. The van der Waals surface area contributed by atoms with Crippen molar-refractivity contribution in [2.45, 2.75) is 6.42 Å². The van der Waals surface area contributed by atoms with Crippen molar-refractivity contribution < 1.29 is 9.47 Å². The van der Waals surface area contributed by atoms with Crippen LogP contribution in [0.3, 0.4) is 0 Å². The molecule has 0 radical (unpaired) electrons. The van der Waals surface area contributed by atoms with Gasteiger partial charge in [-0.1, -0.05) is 12.2 Å². The third kappa shape index (κ3) is 1.82. The summed E-state index contributed by atoms with van der Waals surface area (Å²) in [6.45, 7) is 6.32. The molecule has 58 valence electrons. The summed E-state index contributed by atoms with van der Waals surface area (Å²) in [6, 6.07) is 0. The first-order chi connectivity index (χ1) is 4.84. The fourth-order valence-electron chi connectivity index (χ4n) is 1.12. The molecule has 0 aliphatic carbocycles. The van der Waals surface area contributed by atoms with Gasteiger partial charge in [0, 0.05) is 13.0 Å². The summed E-state index contributed by atoms with van der Waals surface area (Å²) in [6.07, 6.45) is 0.994. The van der Waals surface area contributed by atoms with E-state index in [-0.39, 0.29) is 0 Å². The lowest BCUT2D eigenvalue weighted by molar-refractivity contribution is 0.0479. The van der Waals surface area contributed by atoms with Crippen LogP contribution >= 0.6 is 0 Å². The molecule has 0 aromatic heterocycles. The van der Waals surface area contributed by atoms with Crippen molar-refractivity contribution in [2.24, 2.45) is 5.92 Å². The highest BCUT2D eigenvalue weighted by Crippen LogP contribution is 2.18. The maximum Gasteiger partial charge on any atom is 0.0553 e. The number of hydrogen-bond donors (Lipinski definition) is 0. The average molecular weight is 142 g/mol. The summed E-state index contributed by atoms with van der Waals surface area (Å²) in [5, 5.41) is 0. The van der Waals surface area contributed by atoms with E-state index in [9.17, 15) is 0 Å². The Morgan fingerprint density at radius 1 is 1.80 bits per heavy atom. The first kappa shape index (κ1) is 7.76. The first-order valence-corrected chi connectivity index (χ1v) is 3.59. The van der Waals surface area contributed by atoms with Crippen molar-refractivity contribution in [3.8, 4) is 0 Å². The van der Waals surface area contributed by atoms with E-state index < -0.39 is 0 Å². The van der Waals surface area contributed by atoms with Crippen LogP contribution in [0, 0.1) is 5.92 Å². The topological polar surface area (TPSA) is 18.5 Å². The molecule has 1 saturated heterocycles. The van der Waals surface area contributed by atoms with Crippen LogP contribution in [0.25, 0.3) is 0 Å². The summed E-state index contributed by atoms with van der Waals surface area (Å²) in [5.74, 6) is 0.429. The normalized spacial score (nSPS) is 26.9. The van der Waals surface area contributed by atoms with E-state index in [0.717, 1.165) is 26.2 Å². The lowest BCUT2D eigenvalue weighted by Crippen LogP contribution is -2.23. The molecular formula is C8H14O2. The molecular weight excluding hydrogens is 128 g/mol. The van der Waals surface area contributed by atoms with Gasteiger partial charge in [-0.3, -0.25) is 0 Å². The Hall–Kier alpha value is -0.340. The van der Waals surface area contributed by atoms with Crippen LogP contribution in [0.15, 0.2) is 12.2 Å². The van der Waals surface area contributed by atoms with Gasteiger partial charge in [0.1, 0.15) is 0 Å². The van der Waals surface area contributed by atoms with Crippen LogP contribution in [0.2, 0.25) is 0 Å². The van der Waals surface area contributed by atoms with E-state index in [1.807, 2.05) is 0 Å². The first-order valence-electron chi connectivity index (χ1n) is 3.59. The summed E-state index contributed by atoms with van der Waals surface area (Å²) >= 11 is 0. The van der Waals surface area contributed by atoms with E-state index in [4.69, 9.17) is 9.47 Å². The maximum absolute atomic E-state index is 5.26. The minimum Gasteiger partial charge on any atom is -0.384 e. The SMILES string of the molecule is C=C1CCOCC1COC. The minimum atomic E-state index is 0.429. The van der Waals surface area contributed by atoms with Gasteiger partial charge >= 0.3 is 0 Å². The minimum absolute atomic E-state index is 0.429. The van der Waals surface area contributed by atoms with Gasteiger partial charge in [0.2, 0.25) is 0 Å². The Morgan fingerprint density at radius 3 is 3.20 bits per heavy atom. The molecule has 2 heteroatoms. The van der Waals surface area contributed by atoms with Gasteiger partial charge in [-0.25, -0.2) is 0 Å². The molecule has 0 bridgehead atoms. The van der Waals surface area contributed by atoms with Crippen LogP contribution in [0.4, 0.5) is 0 Å². The van der Waals surface area contributed by atoms with E-state index in [2.05, 4.69) is 6.58 Å². The predicted octanol–water partition coefficient (Wildman–Crippen LogP) is 1.23. The summed E-state index contributed by atoms with van der Waals surface area (Å²) in [4.78, 5) is 0. The van der Waals surface area contributed by atoms with Crippen molar-refractivity contribution in [3.63, 3.8) is 0 Å². The standard InChI is InChI=1S/C8H14O2/c1-7-3-4-10-6-8(7)5-9-2/h8H,1,3-6H2,2H3. The molecule has 1 aliphatic rings. The van der Waals surface area contributed by atoms with E-state index >= 15 is 0 Å². The van der Waals surface area contributed by atoms with Gasteiger partial charge in [0.15, 0.2) is 0 Å². The zero-order valence-corrected chi connectivity index (χ0v) is 6.43. The predicted molar refractivity (Wildman–Crippen MR) is 39.9 cm³/mol.